The van der Waals surface area contributed by atoms with Crippen molar-refractivity contribution in [2.45, 2.75) is 26.8 Å². The Hall–Kier alpha value is -2.86. The van der Waals surface area contributed by atoms with E-state index in [0.29, 0.717) is 6.67 Å². The van der Waals surface area contributed by atoms with Crippen molar-refractivity contribution in [1.29, 1.82) is 0 Å². The Morgan fingerprint density at radius 2 is 1.55 bits per heavy atom. The molecule has 2 saturated heterocycles. The molecule has 2 aliphatic heterocycles. The molecule has 0 aliphatic carbocycles. The molecule has 0 N–H and O–H groups in total. The summed E-state index contributed by atoms with van der Waals surface area (Å²) in [6, 6.07) is 15.4. The number of nitrogens with zero attached hydrogens (tertiary/aromatic N) is 4. The van der Waals surface area contributed by atoms with E-state index in [1.165, 1.54) is 16.2 Å². The number of carbonyl (C=O) groups excluding carboxylic acids is 2. The lowest BCUT2D eigenvalue weighted by atomic mass is 10.1. The Bertz CT molecular complexity index is 903. The average Bonchev–Trinajstić information content (AvgIpc) is 2.93. The number of imide groups is 1. The third-order valence-electron chi connectivity index (χ3n) is 5.93. The standard InChI is InChI=1S/C23H28N4O2/c1-17-8-10-20(11-9-17)27-19(3)22(28)26(23(27)29)16-24-12-14-25(15-13-24)21-7-5-4-6-18(21)2/h4-11,19H,12-16H2,1-3H3/t19-/m0/s1. The summed E-state index contributed by atoms with van der Waals surface area (Å²) >= 11 is 0. The number of hydrogen-bond acceptors (Lipinski definition) is 4. The number of aryl methyl sites for hydroxylation is 2. The maximum absolute atomic E-state index is 13.0. The van der Waals surface area contributed by atoms with Gasteiger partial charge >= 0.3 is 6.03 Å². The molecule has 0 bridgehead atoms. The normalized spacial score (nSPS) is 20.7. The number of piperazine rings is 1. The zero-order valence-corrected chi connectivity index (χ0v) is 17.3. The number of benzene rings is 2. The SMILES string of the molecule is Cc1ccc(N2C(=O)N(CN3CCN(c4ccccc4C)CC3)C(=O)[C@@H]2C)cc1. The zero-order chi connectivity index (χ0) is 20.5. The fourth-order valence-corrected chi connectivity index (χ4v) is 4.14. The predicted octanol–water partition coefficient (Wildman–Crippen LogP) is 3.24. The van der Waals surface area contributed by atoms with Gasteiger partial charge in [-0.2, -0.15) is 0 Å². The highest BCUT2D eigenvalue weighted by Gasteiger charge is 2.44. The summed E-state index contributed by atoms with van der Waals surface area (Å²) in [7, 11) is 0. The Labute approximate surface area is 172 Å². The van der Waals surface area contributed by atoms with Gasteiger partial charge in [0.15, 0.2) is 0 Å². The van der Waals surface area contributed by atoms with E-state index in [4.69, 9.17) is 0 Å². The van der Waals surface area contributed by atoms with Crippen LogP contribution in [0.4, 0.5) is 16.2 Å². The van der Waals surface area contributed by atoms with E-state index >= 15 is 0 Å². The van der Waals surface area contributed by atoms with Crippen LogP contribution in [0.2, 0.25) is 0 Å². The van der Waals surface area contributed by atoms with Crippen molar-refractivity contribution in [3.63, 3.8) is 0 Å². The molecule has 2 aromatic carbocycles. The Kier molecular flexibility index (Phi) is 5.28. The van der Waals surface area contributed by atoms with Crippen LogP contribution in [0.3, 0.4) is 0 Å². The second-order valence-corrected chi connectivity index (χ2v) is 7.96. The lowest BCUT2D eigenvalue weighted by Gasteiger charge is -2.37. The molecule has 2 aromatic rings. The van der Waals surface area contributed by atoms with Crippen molar-refractivity contribution in [3.05, 3.63) is 59.7 Å². The minimum Gasteiger partial charge on any atom is -0.369 e. The molecule has 0 radical (unpaired) electrons. The maximum atomic E-state index is 13.0. The molecule has 0 unspecified atom stereocenters. The lowest BCUT2D eigenvalue weighted by molar-refractivity contribution is -0.128. The van der Waals surface area contributed by atoms with E-state index < -0.39 is 6.04 Å². The van der Waals surface area contributed by atoms with Crippen molar-refractivity contribution in [3.8, 4) is 0 Å². The fourth-order valence-electron chi connectivity index (χ4n) is 4.14. The predicted molar refractivity (Wildman–Crippen MR) is 115 cm³/mol. The number of hydrogen-bond donors (Lipinski definition) is 0. The first-order valence-corrected chi connectivity index (χ1v) is 10.2. The van der Waals surface area contributed by atoms with E-state index in [1.807, 2.05) is 31.2 Å². The molecular formula is C23H28N4O2. The van der Waals surface area contributed by atoms with Crippen molar-refractivity contribution in [1.82, 2.24) is 9.80 Å². The van der Waals surface area contributed by atoms with Gasteiger partial charge < -0.3 is 4.90 Å². The number of amides is 3. The van der Waals surface area contributed by atoms with Gasteiger partial charge in [0.2, 0.25) is 0 Å². The van der Waals surface area contributed by atoms with E-state index in [-0.39, 0.29) is 11.9 Å². The second-order valence-electron chi connectivity index (χ2n) is 7.96. The van der Waals surface area contributed by atoms with Gasteiger partial charge in [0.05, 0.1) is 6.67 Å². The first kappa shape index (κ1) is 19.5. The Morgan fingerprint density at radius 3 is 2.21 bits per heavy atom. The van der Waals surface area contributed by atoms with Gasteiger partial charge in [0.1, 0.15) is 6.04 Å². The first-order valence-electron chi connectivity index (χ1n) is 10.2. The fraction of sp³-hybridized carbons (Fsp3) is 0.391. The molecule has 6 nitrogen and oxygen atoms in total. The molecule has 3 amide bonds. The van der Waals surface area contributed by atoms with Crippen LogP contribution in [0.25, 0.3) is 0 Å². The molecule has 4 rings (SSSR count). The molecule has 0 spiro atoms. The van der Waals surface area contributed by atoms with Gasteiger partial charge in [0.25, 0.3) is 5.91 Å². The minimum atomic E-state index is -0.474. The highest BCUT2D eigenvalue weighted by molar-refractivity contribution is 6.14. The highest BCUT2D eigenvalue weighted by atomic mass is 16.2. The summed E-state index contributed by atoms with van der Waals surface area (Å²) in [6.45, 7) is 9.71. The van der Waals surface area contributed by atoms with Crippen LogP contribution in [-0.2, 0) is 4.79 Å². The number of carbonyl (C=O) groups is 2. The van der Waals surface area contributed by atoms with Crippen LogP contribution in [0, 0.1) is 13.8 Å². The lowest BCUT2D eigenvalue weighted by Crippen LogP contribution is -2.51. The van der Waals surface area contributed by atoms with Crippen LogP contribution in [0.5, 0.6) is 0 Å². The summed E-state index contributed by atoms with van der Waals surface area (Å²) in [5.74, 6) is -0.128. The number of urea groups is 1. The third kappa shape index (κ3) is 3.72. The topological polar surface area (TPSA) is 47.1 Å². The van der Waals surface area contributed by atoms with Crippen LogP contribution in [0.1, 0.15) is 18.1 Å². The zero-order valence-electron chi connectivity index (χ0n) is 17.3. The third-order valence-corrected chi connectivity index (χ3v) is 5.93. The molecule has 2 fully saturated rings. The van der Waals surface area contributed by atoms with Gasteiger partial charge in [-0.15, -0.1) is 0 Å². The molecule has 152 valence electrons. The summed E-state index contributed by atoms with van der Waals surface area (Å²) in [4.78, 5) is 33.4. The van der Waals surface area contributed by atoms with E-state index in [2.05, 4.69) is 41.0 Å². The van der Waals surface area contributed by atoms with Crippen LogP contribution >= 0.6 is 0 Å². The minimum absolute atomic E-state index is 0.128. The molecule has 0 aromatic heterocycles. The van der Waals surface area contributed by atoms with Gasteiger partial charge in [-0.25, -0.2) is 9.69 Å². The Balaban J connectivity index is 1.41. The van der Waals surface area contributed by atoms with Crippen molar-refractivity contribution in [2.75, 3.05) is 42.6 Å². The quantitative estimate of drug-likeness (QED) is 0.750. The highest BCUT2D eigenvalue weighted by Crippen LogP contribution is 2.27. The maximum Gasteiger partial charge on any atom is 0.333 e. The van der Waals surface area contributed by atoms with Gasteiger partial charge in [-0.1, -0.05) is 35.9 Å². The number of para-hydroxylation sites is 1. The van der Waals surface area contributed by atoms with E-state index in [1.54, 1.807) is 11.8 Å². The number of rotatable bonds is 4. The van der Waals surface area contributed by atoms with Gasteiger partial charge in [0, 0.05) is 37.6 Å². The van der Waals surface area contributed by atoms with E-state index in [0.717, 1.165) is 37.4 Å². The molecule has 2 aliphatic rings. The van der Waals surface area contributed by atoms with Crippen LogP contribution in [0.15, 0.2) is 48.5 Å². The summed E-state index contributed by atoms with van der Waals surface area (Å²) < 4.78 is 0. The van der Waals surface area contributed by atoms with Crippen molar-refractivity contribution in [2.24, 2.45) is 0 Å². The van der Waals surface area contributed by atoms with Crippen LogP contribution in [-0.4, -0.2) is 60.6 Å². The van der Waals surface area contributed by atoms with Crippen LogP contribution < -0.4 is 9.80 Å². The van der Waals surface area contributed by atoms with Gasteiger partial charge in [-0.3, -0.25) is 14.6 Å². The van der Waals surface area contributed by atoms with Gasteiger partial charge in [-0.05, 0) is 44.5 Å². The summed E-state index contributed by atoms with van der Waals surface area (Å²) in [5.41, 5.74) is 4.43. The second kappa shape index (κ2) is 7.87. The first-order chi connectivity index (χ1) is 14.0. The Morgan fingerprint density at radius 1 is 0.897 bits per heavy atom. The van der Waals surface area contributed by atoms with Crippen molar-refractivity contribution < 1.29 is 9.59 Å². The molecule has 6 heteroatoms. The molecule has 29 heavy (non-hydrogen) atoms. The largest absolute Gasteiger partial charge is 0.369 e. The molecular weight excluding hydrogens is 364 g/mol. The summed E-state index contributed by atoms with van der Waals surface area (Å²) in [5, 5.41) is 0. The summed E-state index contributed by atoms with van der Waals surface area (Å²) in [6.07, 6.45) is 0. The monoisotopic (exact) mass is 392 g/mol. The number of anilines is 2. The van der Waals surface area contributed by atoms with E-state index in [9.17, 15) is 9.59 Å². The molecule has 2 heterocycles. The smallest absolute Gasteiger partial charge is 0.333 e. The molecule has 0 saturated carbocycles. The molecule has 1 atom stereocenters. The average molecular weight is 393 g/mol. The van der Waals surface area contributed by atoms with Crippen molar-refractivity contribution >= 4 is 23.3 Å².